The maximum absolute atomic E-state index is 5.65. The number of anilines is 2. The van der Waals surface area contributed by atoms with Crippen molar-refractivity contribution in [2.24, 2.45) is 4.99 Å². The number of pyridine rings is 1. The van der Waals surface area contributed by atoms with Crippen LogP contribution in [0.4, 0.5) is 11.4 Å². The monoisotopic (exact) mass is 446 g/mol. The largest absolute Gasteiger partial charge is 0.494 e. The number of amidine groups is 1. The van der Waals surface area contributed by atoms with Crippen LogP contribution in [0, 0.1) is 6.92 Å². The van der Waals surface area contributed by atoms with Crippen LogP contribution in [-0.2, 0) is 0 Å². The lowest BCUT2D eigenvalue weighted by Crippen LogP contribution is -2.24. The molecule has 0 aliphatic rings. The summed E-state index contributed by atoms with van der Waals surface area (Å²) in [7, 11) is 1.70. The van der Waals surface area contributed by atoms with Gasteiger partial charge in [-0.1, -0.05) is 26.5 Å². The van der Waals surface area contributed by atoms with E-state index in [1.165, 1.54) is 5.69 Å². The average molecular weight is 447 g/mol. The Bertz CT molecular complexity index is 1010. The predicted molar refractivity (Wildman–Crippen MR) is 143 cm³/mol. The third-order valence-corrected chi connectivity index (χ3v) is 5.34. The van der Waals surface area contributed by atoms with Gasteiger partial charge in [-0.2, -0.15) is 0 Å². The van der Waals surface area contributed by atoms with Crippen molar-refractivity contribution in [3.05, 3.63) is 78.3 Å². The molecule has 1 N–H and O–H groups in total. The fourth-order valence-corrected chi connectivity index (χ4v) is 3.74. The Kier molecular flexibility index (Phi) is 10.4. The SMILES string of the molecule is C=C(/C=C\N=C(C)Nc1ccc(N(CCC)CCC)cc1OC)/C(=C/C)c1ccncc1C. The molecule has 0 aliphatic heterocycles. The zero-order valence-corrected chi connectivity index (χ0v) is 21.0. The second kappa shape index (κ2) is 13.3. The number of nitrogens with one attached hydrogen (secondary N) is 1. The fraction of sp³-hybridized carbons (Fsp3) is 0.357. The Morgan fingerprint density at radius 3 is 2.55 bits per heavy atom. The lowest BCUT2D eigenvalue weighted by Gasteiger charge is -2.25. The second-order valence-electron chi connectivity index (χ2n) is 7.95. The van der Waals surface area contributed by atoms with Crippen molar-refractivity contribution in [2.75, 3.05) is 30.4 Å². The van der Waals surface area contributed by atoms with Crippen molar-refractivity contribution < 1.29 is 4.74 Å². The first-order valence-corrected chi connectivity index (χ1v) is 11.6. The highest BCUT2D eigenvalue weighted by Gasteiger charge is 2.10. The van der Waals surface area contributed by atoms with Gasteiger partial charge in [0.2, 0.25) is 0 Å². The molecule has 33 heavy (non-hydrogen) atoms. The van der Waals surface area contributed by atoms with Gasteiger partial charge >= 0.3 is 0 Å². The van der Waals surface area contributed by atoms with Crippen molar-refractivity contribution in [2.45, 2.75) is 47.5 Å². The Morgan fingerprint density at radius 1 is 1.21 bits per heavy atom. The molecular weight excluding hydrogens is 408 g/mol. The van der Waals surface area contributed by atoms with Gasteiger partial charge in [-0.25, -0.2) is 4.99 Å². The summed E-state index contributed by atoms with van der Waals surface area (Å²) in [5.74, 6) is 1.57. The van der Waals surface area contributed by atoms with Crippen LogP contribution in [0.1, 0.15) is 51.7 Å². The van der Waals surface area contributed by atoms with E-state index in [1.54, 1.807) is 19.5 Å². The van der Waals surface area contributed by atoms with Crippen molar-refractivity contribution in [3.8, 4) is 5.75 Å². The molecule has 176 valence electrons. The van der Waals surface area contributed by atoms with E-state index in [0.29, 0.717) is 0 Å². The lowest BCUT2D eigenvalue weighted by molar-refractivity contribution is 0.417. The standard InChI is InChI=1S/C28H38N4O/c1-8-17-32(18-9-2)24-11-12-27(28(19-24)33-7)31-23(6)30-16-13-21(4)25(10-3)26-14-15-29-20-22(26)5/h10-16,19-20H,4,8-9,17-18H2,1-3,5-7H3,(H,30,31)/b16-13-,25-10-. The van der Waals surface area contributed by atoms with Crippen LogP contribution < -0.4 is 15.0 Å². The number of aromatic nitrogens is 1. The maximum atomic E-state index is 5.65. The highest BCUT2D eigenvalue weighted by Crippen LogP contribution is 2.30. The number of nitrogens with zero attached hydrogens (tertiary/aromatic N) is 3. The molecule has 0 saturated carbocycles. The Morgan fingerprint density at radius 2 is 1.94 bits per heavy atom. The molecule has 2 aromatic rings. The molecule has 1 aromatic carbocycles. The van der Waals surface area contributed by atoms with Gasteiger partial charge in [0.25, 0.3) is 0 Å². The highest BCUT2D eigenvalue weighted by atomic mass is 16.5. The average Bonchev–Trinajstić information content (AvgIpc) is 2.81. The summed E-state index contributed by atoms with van der Waals surface area (Å²) in [5.41, 5.74) is 6.30. The maximum Gasteiger partial charge on any atom is 0.144 e. The van der Waals surface area contributed by atoms with Crippen molar-refractivity contribution in [1.82, 2.24) is 4.98 Å². The first-order chi connectivity index (χ1) is 15.9. The molecule has 0 amide bonds. The van der Waals surface area contributed by atoms with Gasteiger partial charge in [-0.05, 0) is 80.2 Å². The first kappa shape index (κ1) is 25.9. The van der Waals surface area contributed by atoms with E-state index in [-0.39, 0.29) is 0 Å². The minimum Gasteiger partial charge on any atom is -0.494 e. The molecule has 0 fully saturated rings. The van der Waals surface area contributed by atoms with Crippen LogP contribution in [-0.4, -0.2) is 31.0 Å². The third kappa shape index (κ3) is 7.35. The van der Waals surface area contributed by atoms with E-state index in [0.717, 1.165) is 65.5 Å². The van der Waals surface area contributed by atoms with Gasteiger partial charge < -0.3 is 15.0 Å². The van der Waals surface area contributed by atoms with Gasteiger partial charge in [-0.3, -0.25) is 4.98 Å². The van der Waals surface area contributed by atoms with Crippen LogP contribution in [0.3, 0.4) is 0 Å². The number of aliphatic imine (C=N–C) groups is 1. The van der Waals surface area contributed by atoms with Gasteiger partial charge in [0.15, 0.2) is 0 Å². The number of ether oxygens (including phenoxy) is 1. The molecule has 0 saturated heterocycles. The van der Waals surface area contributed by atoms with Crippen molar-refractivity contribution in [1.29, 1.82) is 0 Å². The summed E-state index contributed by atoms with van der Waals surface area (Å²) in [5, 5.41) is 3.35. The minimum absolute atomic E-state index is 0.770. The summed E-state index contributed by atoms with van der Waals surface area (Å²) >= 11 is 0. The van der Waals surface area contributed by atoms with Crippen molar-refractivity contribution >= 4 is 22.8 Å². The van der Waals surface area contributed by atoms with Crippen LogP contribution in [0.5, 0.6) is 5.75 Å². The van der Waals surface area contributed by atoms with Crippen LogP contribution >= 0.6 is 0 Å². The van der Waals surface area contributed by atoms with E-state index >= 15 is 0 Å². The van der Waals surface area contributed by atoms with Gasteiger partial charge in [0.05, 0.1) is 12.8 Å². The Balaban J connectivity index is 2.13. The molecule has 1 heterocycles. The number of benzene rings is 1. The zero-order chi connectivity index (χ0) is 24.2. The zero-order valence-electron chi connectivity index (χ0n) is 21.0. The van der Waals surface area contributed by atoms with Gasteiger partial charge in [0, 0.05) is 43.4 Å². The van der Waals surface area contributed by atoms with Gasteiger partial charge in [-0.15, -0.1) is 0 Å². The van der Waals surface area contributed by atoms with E-state index < -0.39 is 0 Å². The molecule has 2 rings (SSSR count). The first-order valence-electron chi connectivity index (χ1n) is 11.6. The molecule has 0 bridgehead atoms. The summed E-state index contributed by atoms with van der Waals surface area (Å²) in [4.78, 5) is 11.1. The number of methoxy groups -OCH3 is 1. The smallest absolute Gasteiger partial charge is 0.144 e. The summed E-state index contributed by atoms with van der Waals surface area (Å²) < 4.78 is 5.65. The van der Waals surface area contributed by atoms with Crippen molar-refractivity contribution in [3.63, 3.8) is 0 Å². The Labute approximate surface area is 199 Å². The molecular formula is C28H38N4O. The lowest BCUT2D eigenvalue weighted by atomic mass is 9.96. The molecule has 0 unspecified atom stereocenters. The number of hydrogen-bond acceptors (Lipinski definition) is 4. The van der Waals surface area contributed by atoms with E-state index in [2.05, 4.69) is 71.8 Å². The number of aryl methyl sites for hydroxylation is 1. The quantitative estimate of drug-likeness (QED) is 0.229. The topological polar surface area (TPSA) is 49.8 Å². The predicted octanol–water partition coefficient (Wildman–Crippen LogP) is 7.03. The minimum atomic E-state index is 0.770. The number of allylic oxidation sites excluding steroid dienone is 4. The highest BCUT2D eigenvalue weighted by molar-refractivity contribution is 5.95. The van der Waals surface area contributed by atoms with Crippen LogP contribution in [0.25, 0.3) is 5.57 Å². The van der Waals surface area contributed by atoms with E-state index in [9.17, 15) is 0 Å². The number of hydrogen-bond donors (Lipinski definition) is 1. The molecule has 5 heteroatoms. The van der Waals surface area contributed by atoms with E-state index in [1.807, 2.05) is 32.2 Å². The fourth-order valence-electron chi connectivity index (χ4n) is 3.74. The summed E-state index contributed by atoms with van der Waals surface area (Å²) in [6.45, 7) is 16.7. The van der Waals surface area contributed by atoms with Crippen LogP contribution in [0.15, 0.2) is 72.2 Å². The molecule has 0 aliphatic carbocycles. The molecule has 0 spiro atoms. The molecule has 0 atom stereocenters. The second-order valence-corrected chi connectivity index (χ2v) is 7.95. The summed E-state index contributed by atoms with van der Waals surface area (Å²) in [6.07, 6.45) is 11.7. The molecule has 1 aromatic heterocycles. The number of rotatable bonds is 11. The van der Waals surface area contributed by atoms with Gasteiger partial charge in [0.1, 0.15) is 11.6 Å². The third-order valence-electron chi connectivity index (χ3n) is 5.34. The Hall–Kier alpha value is -3.34. The normalized spacial score (nSPS) is 12.2. The molecule has 0 radical (unpaired) electrons. The molecule has 5 nitrogen and oxygen atoms in total. The van der Waals surface area contributed by atoms with Crippen LogP contribution in [0.2, 0.25) is 0 Å². The van der Waals surface area contributed by atoms with E-state index in [4.69, 9.17) is 4.74 Å². The summed E-state index contributed by atoms with van der Waals surface area (Å²) in [6, 6.07) is 8.29.